The first-order chi connectivity index (χ1) is 13.0. The molecule has 2 aromatic heterocycles. The Morgan fingerprint density at radius 2 is 2.00 bits per heavy atom. The lowest BCUT2D eigenvalue weighted by Crippen LogP contribution is -2.18. The first-order valence-corrected chi connectivity index (χ1v) is 9.99. The van der Waals surface area contributed by atoms with E-state index in [1.807, 2.05) is 39.0 Å². The number of pyridine rings is 1. The highest BCUT2D eigenvalue weighted by Crippen LogP contribution is 2.27. The molecule has 0 saturated carbocycles. The van der Waals surface area contributed by atoms with Crippen molar-refractivity contribution in [2.75, 3.05) is 26.2 Å². The molecule has 8 heteroatoms. The van der Waals surface area contributed by atoms with E-state index >= 15 is 0 Å². The Morgan fingerprint density at radius 1 is 1.22 bits per heavy atom. The molecule has 2 heterocycles. The highest BCUT2D eigenvalue weighted by atomic mass is 32.2. The Morgan fingerprint density at radius 3 is 2.67 bits per heavy atom. The van der Waals surface area contributed by atoms with Crippen LogP contribution in [-0.2, 0) is 16.6 Å². The number of ether oxygens (including phenoxy) is 2. The molecule has 1 N–H and O–H groups in total. The SMILES string of the molecule is CCNn1c([S@](=O)Cc2ncc(C)c(OC)c2C)nc2cc(OC)ccc21. The van der Waals surface area contributed by atoms with Crippen molar-refractivity contribution in [1.82, 2.24) is 14.6 Å². The Labute approximate surface area is 161 Å². The maximum Gasteiger partial charge on any atom is 0.219 e. The van der Waals surface area contributed by atoms with Gasteiger partial charge in [-0.15, -0.1) is 0 Å². The molecule has 144 valence electrons. The van der Waals surface area contributed by atoms with Crippen molar-refractivity contribution in [1.29, 1.82) is 0 Å². The van der Waals surface area contributed by atoms with Crippen molar-refractivity contribution in [3.05, 3.63) is 41.2 Å². The Bertz CT molecular complexity index is 1000. The van der Waals surface area contributed by atoms with E-state index in [1.54, 1.807) is 25.1 Å². The van der Waals surface area contributed by atoms with Gasteiger partial charge in [0.2, 0.25) is 5.16 Å². The summed E-state index contributed by atoms with van der Waals surface area (Å²) in [4.78, 5) is 9.05. The number of benzene rings is 1. The third-order valence-corrected chi connectivity index (χ3v) is 5.59. The highest BCUT2D eigenvalue weighted by Gasteiger charge is 2.20. The quantitative estimate of drug-likeness (QED) is 0.670. The van der Waals surface area contributed by atoms with Crippen molar-refractivity contribution in [2.45, 2.75) is 31.7 Å². The van der Waals surface area contributed by atoms with Crippen LogP contribution in [0.25, 0.3) is 11.0 Å². The number of nitrogens with one attached hydrogen (secondary N) is 1. The van der Waals surface area contributed by atoms with E-state index in [2.05, 4.69) is 15.4 Å². The average molecular weight is 388 g/mol. The molecule has 27 heavy (non-hydrogen) atoms. The van der Waals surface area contributed by atoms with Crippen molar-refractivity contribution in [3.63, 3.8) is 0 Å². The van der Waals surface area contributed by atoms with Crippen LogP contribution in [0.4, 0.5) is 0 Å². The second-order valence-corrected chi connectivity index (χ2v) is 7.48. The molecule has 1 atom stereocenters. The zero-order chi connectivity index (χ0) is 19.6. The van der Waals surface area contributed by atoms with Gasteiger partial charge in [0.1, 0.15) is 11.5 Å². The van der Waals surface area contributed by atoms with Gasteiger partial charge < -0.3 is 14.9 Å². The Kier molecular flexibility index (Phi) is 5.65. The summed E-state index contributed by atoms with van der Waals surface area (Å²) < 4.78 is 25.7. The smallest absolute Gasteiger partial charge is 0.219 e. The molecular formula is C19H24N4O3S. The van der Waals surface area contributed by atoms with Gasteiger partial charge in [0.05, 0.1) is 47.5 Å². The molecule has 7 nitrogen and oxygen atoms in total. The summed E-state index contributed by atoms with van der Waals surface area (Å²) >= 11 is 0. The van der Waals surface area contributed by atoms with Crippen LogP contribution in [0.2, 0.25) is 0 Å². The summed E-state index contributed by atoms with van der Waals surface area (Å²) in [5, 5.41) is 0.459. The minimum atomic E-state index is -1.39. The van der Waals surface area contributed by atoms with Crippen molar-refractivity contribution in [3.8, 4) is 11.5 Å². The monoisotopic (exact) mass is 388 g/mol. The third-order valence-electron chi connectivity index (χ3n) is 4.37. The first kappa shape index (κ1) is 19.2. The fourth-order valence-corrected chi connectivity index (χ4v) is 4.27. The van der Waals surface area contributed by atoms with E-state index in [1.165, 1.54) is 0 Å². The van der Waals surface area contributed by atoms with Gasteiger partial charge in [-0.2, -0.15) is 0 Å². The summed E-state index contributed by atoms with van der Waals surface area (Å²) in [7, 11) is 1.86. The van der Waals surface area contributed by atoms with Crippen molar-refractivity contribution >= 4 is 21.8 Å². The van der Waals surface area contributed by atoms with Crippen molar-refractivity contribution in [2.24, 2.45) is 0 Å². The van der Waals surface area contributed by atoms with E-state index in [9.17, 15) is 4.21 Å². The van der Waals surface area contributed by atoms with Crippen LogP contribution in [-0.4, -0.2) is 39.6 Å². The molecule has 3 rings (SSSR count). The van der Waals surface area contributed by atoms with Crippen LogP contribution in [0.15, 0.2) is 29.6 Å². The molecule has 0 fully saturated rings. The molecule has 0 saturated heterocycles. The predicted molar refractivity (Wildman–Crippen MR) is 107 cm³/mol. The van der Waals surface area contributed by atoms with Gasteiger partial charge in [0.15, 0.2) is 0 Å². The molecule has 0 unspecified atom stereocenters. The number of rotatable bonds is 7. The molecule has 0 spiro atoms. The molecular weight excluding hydrogens is 364 g/mol. The van der Waals surface area contributed by atoms with E-state index in [4.69, 9.17) is 9.47 Å². The summed E-state index contributed by atoms with van der Waals surface area (Å²) in [5.74, 6) is 1.75. The third kappa shape index (κ3) is 3.62. The maximum absolute atomic E-state index is 13.1. The average Bonchev–Trinajstić information content (AvgIpc) is 3.02. The lowest BCUT2D eigenvalue weighted by Gasteiger charge is -2.13. The lowest BCUT2D eigenvalue weighted by atomic mass is 10.1. The number of fused-ring (bicyclic) bond motifs is 1. The Hall–Kier alpha value is -2.61. The Balaban J connectivity index is 2.01. The van der Waals surface area contributed by atoms with Gasteiger partial charge in [-0.05, 0) is 32.9 Å². The number of hydrogen-bond donors (Lipinski definition) is 1. The molecule has 0 bridgehead atoms. The summed E-state index contributed by atoms with van der Waals surface area (Å²) in [6.07, 6.45) is 1.75. The summed E-state index contributed by atoms with van der Waals surface area (Å²) in [6, 6.07) is 5.60. The minimum Gasteiger partial charge on any atom is -0.497 e. The van der Waals surface area contributed by atoms with E-state index in [0.717, 1.165) is 33.6 Å². The van der Waals surface area contributed by atoms with Crippen LogP contribution < -0.4 is 14.9 Å². The van der Waals surface area contributed by atoms with Gasteiger partial charge in [0, 0.05) is 29.9 Å². The van der Waals surface area contributed by atoms with E-state index in [-0.39, 0.29) is 5.75 Å². The number of imidazole rings is 1. The van der Waals surface area contributed by atoms with Crippen LogP contribution in [0.5, 0.6) is 11.5 Å². The zero-order valence-corrected chi connectivity index (χ0v) is 17.0. The van der Waals surface area contributed by atoms with Crippen LogP contribution in [0.1, 0.15) is 23.7 Å². The zero-order valence-electron chi connectivity index (χ0n) is 16.2. The second kappa shape index (κ2) is 7.96. The number of aromatic nitrogens is 3. The largest absolute Gasteiger partial charge is 0.497 e. The standard InChI is InChI=1S/C19H24N4O3S/c1-6-21-23-17-8-7-14(25-4)9-15(17)22-19(23)27(24)11-16-13(3)18(26-5)12(2)10-20-16/h7-10,21H,6,11H2,1-5H3/t27-/m1/s1. The van der Waals surface area contributed by atoms with E-state index < -0.39 is 10.8 Å². The van der Waals surface area contributed by atoms with Crippen LogP contribution >= 0.6 is 0 Å². The number of aryl methyl sites for hydroxylation is 1. The first-order valence-electron chi connectivity index (χ1n) is 8.67. The van der Waals surface area contributed by atoms with Gasteiger partial charge in [-0.25, -0.2) is 9.66 Å². The molecule has 3 aromatic rings. The molecule has 0 aliphatic carbocycles. The van der Waals surface area contributed by atoms with Crippen LogP contribution in [0, 0.1) is 13.8 Å². The molecule has 0 aliphatic rings. The maximum atomic E-state index is 13.1. The van der Waals surface area contributed by atoms with Gasteiger partial charge in [0.25, 0.3) is 0 Å². The van der Waals surface area contributed by atoms with Gasteiger partial charge in [-0.3, -0.25) is 9.19 Å². The number of hydrogen-bond acceptors (Lipinski definition) is 6. The highest BCUT2D eigenvalue weighted by molar-refractivity contribution is 7.84. The number of methoxy groups -OCH3 is 2. The summed E-state index contributed by atoms with van der Waals surface area (Å²) in [5.41, 5.74) is 7.40. The van der Waals surface area contributed by atoms with E-state index in [0.29, 0.717) is 17.5 Å². The molecule has 0 aliphatic heterocycles. The second-order valence-electron chi connectivity index (χ2n) is 6.13. The van der Waals surface area contributed by atoms with Gasteiger partial charge in [-0.1, -0.05) is 0 Å². The van der Waals surface area contributed by atoms with Crippen LogP contribution in [0.3, 0.4) is 0 Å². The summed E-state index contributed by atoms with van der Waals surface area (Å²) in [6.45, 7) is 6.54. The fourth-order valence-electron chi connectivity index (χ4n) is 3.03. The molecule has 0 radical (unpaired) electrons. The number of nitrogens with zero attached hydrogens (tertiary/aromatic N) is 3. The lowest BCUT2D eigenvalue weighted by molar-refractivity contribution is 0.407. The normalized spacial score (nSPS) is 12.2. The van der Waals surface area contributed by atoms with Crippen molar-refractivity contribution < 1.29 is 13.7 Å². The topological polar surface area (TPSA) is 78.3 Å². The fraction of sp³-hybridized carbons (Fsp3) is 0.368. The minimum absolute atomic E-state index is 0.258. The molecule has 1 aromatic carbocycles. The predicted octanol–water partition coefficient (Wildman–Crippen LogP) is 2.94. The van der Waals surface area contributed by atoms with Gasteiger partial charge >= 0.3 is 0 Å². The molecule has 0 amide bonds.